The van der Waals surface area contributed by atoms with Gasteiger partial charge in [-0.05, 0) is 29.8 Å². The number of nitrogens with one attached hydrogen (secondary N) is 1. The van der Waals surface area contributed by atoms with Crippen molar-refractivity contribution in [2.75, 3.05) is 12.3 Å². The summed E-state index contributed by atoms with van der Waals surface area (Å²) in [5.41, 5.74) is 0.510. The summed E-state index contributed by atoms with van der Waals surface area (Å²) < 4.78 is 36.2. The first-order valence-electron chi connectivity index (χ1n) is 7.45. The van der Waals surface area contributed by atoms with Crippen LogP contribution < -0.4 is 5.32 Å². The molecule has 2 aliphatic rings. The smallest absolute Gasteiger partial charge is 0.266 e. The largest absolute Gasteiger partial charge is 0.347 e. The number of carbonyl (C=O) groups excluding carboxylic acids is 2. The van der Waals surface area contributed by atoms with Crippen LogP contribution in [0, 0.1) is 5.82 Å². The van der Waals surface area contributed by atoms with Crippen LogP contribution in [0.5, 0.6) is 0 Å². The van der Waals surface area contributed by atoms with Crippen molar-refractivity contribution >= 4 is 56.0 Å². The molecule has 1 unspecified atom stereocenters. The number of thioether (sulfide) groups is 1. The van der Waals surface area contributed by atoms with Crippen molar-refractivity contribution in [2.24, 2.45) is 0 Å². The van der Waals surface area contributed by atoms with Gasteiger partial charge in [-0.15, -0.1) is 0 Å². The van der Waals surface area contributed by atoms with E-state index in [0.29, 0.717) is 5.56 Å². The number of thiocarbonyl (C=S) groups is 1. The second kappa shape index (κ2) is 7.29. The van der Waals surface area contributed by atoms with Crippen LogP contribution in [-0.2, 0) is 19.4 Å². The molecule has 1 aromatic carbocycles. The Kier molecular flexibility index (Phi) is 5.26. The normalized spacial score (nSPS) is 23.0. The maximum Gasteiger partial charge on any atom is 0.266 e. The zero-order valence-corrected chi connectivity index (χ0v) is 15.7. The minimum absolute atomic E-state index is 0.198. The predicted molar refractivity (Wildman–Crippen MR) is 101 cm³/mol. The lowest BCUT2D eigenvalue weighted by Crippen LogP contribution is -2.43. The number of rotatable bonds is 4. The van der Waals surface area contributed by atoms with Crippen molar-refractivity contribution in [3.05, 3.63) is 52.0 Å². The molecule has 0 saturated carbocycles. The average Bonchev–Trinajstić information content (AvgIpc) is 3.01. The van der Waals surface area contributed by atoms with Crippen LogP contribution in [0.2, 0.25) is 0 Å². The van der Waals surface area contributed by atoms with Gasteiger partial charge in [-0.2, -0.15) is 0 Å². The third-order valence-electron chi connectivity index (χ3n) is 3.60. The van der Waals surface area contributed by atoms with Gasteiger partial charge in [0.25, 0.3) is 5.91 Å². The molecule has 0 bridgehead atoms. The molecule has 10 heteroatoms. The van der Waals surface area contributed by atoms with Crippen LogP contribution in [-0.4, -0.2) is 47.8 Å². The van der Waals surface area contributed by atoms with Gasteiger partial charge in [-0.1, -0.05) is 36.1 Å². The summed E-state index contributed by atoms with van der Waals surface area (Å²) >= 11 is 6.16. The molecule has 2 heterocycles. The topological polar surface area (TPSA) is 83.6 Å². The van der Waals surface area contributed by atoms with Crippen molar-refractivity contribution in [2.45, 2.75) is 6.04 Å². The van der Waals surface area contributed by atoms with Gasteiger partial charge in [0.2, 0.25) is 5.91 Å². The second-order valence-corrected chi connectivity index (χ2v) is 9.26. The van der Waals surface area contributed by atoms with E-state index in [0.717, 1.165) is 22.1 Å². The number of hydrogen-bond donors (Lipinski definition) is 1. The lowest BCUT2D eigenvalue weighted by molar-refractivity contribution is -0.128. The lowest BCUT2D eigenvalue weighted by Gasteiger charge is -2.16. The Morgan fingerprint density at radius 2 is 2.23 bits per heavy atom. The van der Waals surface area contributed by atoms with Crippen LogP contribution in [0.1, 0.15) is 5.56 Å². The van der Waals surface area contributed by atoms with Crippen LogP contribution in [0.4, 0.5) is 4.39 Å². The Hall–Kier alpha value is -2.04. The van der Waals surface area contributed by atoms with E-state index in [-0.39, 0.29) is 21.5 Å². The number of nitrogens with zero attached hydrogens (tertiary/aromatic N) is 1. The Labute approximate surface area is 159 Å². The molecule has 1 atom stereocenters. The number of carbonyl (C=O) groups is 2. The maximum absolute atomic E-state index is 13.3. The molecule has 3 rings (SSSR count). The molecule has 26 heavy (non-hydrogen) atoms. The molecule has 1 aromatic rings. The molecule has 2 aliphatic heterocycles. The Morgan fingerprint density at radius 1 is 1.46 bits per heavy atom. The van der Waals surface area contributed by atoms with Crippen molar-refractivity contribution < 1.29 is 22.4 Å². The van der Waals surface area contributed by atoms with E-state index in [4.69, 9.17) is 12.2 Å². The van der Waals surface area contributed by atoms with Crippen molar-refractivity contribution in [3.8, 4) is 0 Å². The fourth-order valence-electron chi connectivity index (χ4n) is 2.45. The van der Waals surface area contributed by atoms with Crippen LogP contribution >= 0.6 is 24.0 Å². The van der Waals surface area contributed by atoms with E-state index in [1.54, 1.807) is 6.07 Å². The van der Waals surface area contributed by atoms with Gasteiger partial charge in [0.15, 0.2) is 9.84 Å². The molecule has 0 aromatic heterocycles. The average molecular weight is 412 g/mol. The molecule has 0 aliphatic carbocycles. The van der Waals surface area contributed by atoms with Crippen LogP contribution in [0.3, 0.4) is 0 Å². The van der Waals surface area contributed by atoms with Gasteiger partial charge in [0.05, 0.1) is 16.7 Å². The molecule has 136 valence electrons. The third kappa shape index (κ3) is 4.37. The van der Waals surface area contributed by atoms with Gasteiger partial charge >= 0.3 is 0 Å². The minimum Gasteiger partial charge on any atom is -0.347 e. The first-order valence-corrected chi connectivity index (χ1v) is 10.4. The van der Waals surface area contributed by atoms with Crippen molar-refractivity contribution in [1.82, 2.24) is 10.2 Å². The zero-order valence-electron chi connectivity index (χ0n) is 13.2. The molecule has 1 saturated heterocycles. The number of hydrogen-bond acceptors (Lipinski definition) is 6. The number of amides is 2. The standard InChI is InChI=1S/C16H13FN2O4S3/c17-11-3-1-2-10(6-11)7-13-15(21)19(16(24)25-13)8-14(20)18-12-4-5-26(22,23)9-12/h1-7,12H,8-9H2,(H,18,20)/b13-7-. The molecule has 0 radical (unpaired) electrons. The molecule has 6 nitrogen and oxygen atoms in total. The fraction of sp³-hybridized carbons (Fsp3) is 0.188. The summed E-state index contributed by atoms with van der Waals surface area (Å²) in [4.78, 5) is 26.0. The molecular weight excluding hydrogens is 399 g/mol. The monoisotopic (exact) mass is 412 g/mol. The van der Waals surface area contributed by atoms with Gasteiger partial charge in [0, 0.05) is 5.41 Å². The summed E-state index contributed by atoms with van der Waals surface area (Å²) in [6.07, 6.45) is 2.90. The predicted octanol–water partition coefficient (Wildman–Crippen LogP) is 1.45. The number of halogens is 1. The lowest BCUT2D eigenvalue weighted by atomic mass is 10.2. The van der Waals surface area contributed by atoms with Crippen molar-refractivity contribution in [3.63, 3.8) is 0 Å². The number of sulfone groups is 1. The number of benzene rings is 1. The first-order chi connectivity index (χ1) is 12.2. The minimum atomic E-state index is -3.28. The van der Waals surface area contributed by atoms with Gasteiger partial charge < -0.3 is 5.32 Å². The maximum atomic E-state index is 13.3. The van der Waals surface area contributed by atoms with Crippen LogP contribution in [0.25, 0.3) is 6.08 Å². The highest BCUT2D eigenvalue weighted by Crippen LogP contribution is 2.32. The van der Waals surface area contributed by atoms with E-state index in [1.807, 2.05) is 0 Å². The van der Waals surface area contributed by atoms with E-state index in [2.05, 4.69) is 5.32 Å². The SMILES string of the molecule is O=C(CN1C(=O)/C(=C/c2cccc(F)c2)SC1=S)NC1C=CS(=O)(=O)C1. The van der Waals surface area contributed by atoms with Gasteiger partial charge in [0.1, 0.15) is 16.7 Å². The molecular formula is C16H13FN2O4S3. The summed E-state index contributed by atoms with van der Waals surface area (Å²) in [6.45, 7) is -0.310. The summed E-state index contributed by atoms with van der Waals surface area (Å²) in [7, 11) is -3.28. The zero-order chi connectivity index (χ0) is 18.9. The van der Waals surface area contributed by atoms with Gasteiger partial charge in [-0.3, -0.25) is 14.5 Å². The molecule has 1 fully saturated rings. The Morgan fingerprint density at radius 3 is 2.88 bits per heavy atom. The van der Waals surface area contributed by atoms with Gasteiger partial charge in [-0.25, -0.2) is 12.8 Å². The fourth-order valence-corrected chi connectivity index (χ4v) is 4.94. The molecule has 0 spiro atoms. The Balaban J connectivity index is 1.66. The van der Waals surface area contributed by atoms with E-state index in [1.165, 1.54) is 30.4 Å². The highest BCUT2D eigenvalue weighted by Gasteiger charge is 2.34. The summed E-state index contributed by atoms with van der Waals surface area (Å²) in [5.74, 6) is -1.58. The molecule has 2 amide bonds. The second-order valence-electron chi connectivity index (χ2n) is 5.65. The van der Waals surface area contributed by atoms with Crippen molar-refractivity contribution in [1.29, 1.82) is 0 Å². The highest BCUT2D eigenvalue weighted by atomic mass is 32.2. The quantitative estimate of drug-likeness (QED) is 0.595. The Bertz CT molecular complexity index is 956. The summed E-state index contributed by atoms with van der Waals surface area (Å²) in [5, 5.41) is 3.59. The first kappa shape index (κ1) is 18.7. The molecule has 1 N–H and O–H groups in total. The summed E-state index contributed by atoms with van der Waals surface area (Å²) in [6, 6.07) is 5.14. The van der Waals surface area contributed by atoms with E-state index < -0.39 is 33.5 Å². The van der Waals surface area contributed by atoms with E-state index >= 15 is 0 Å². The van der Waals surface area contributed by atoms with E-state index in [9.17, 15) is 22.4 Å². The highest BCUT2D eigenvalue weighted by molar-refractivity contribution is 8.26. The van der Waals surface area contributed by atoms with Crippen LogP contribution in [0.15, 0.2) is 40.7 Å². The third-order valence-corrected chi connectivity index (χ3v) is 6.37.